The number of halogens is 1. The minimum atomic E-state index is -0.665. The van der Waals surface area contributed by atoms with Crippen LogP contribution < -0.4 is 10.1 Å². The first-order chi connectivity index (χ1) is 19.4. The van der Waals surface area contributed by atoms with E-state index in [0.717, 1.165) is 49.1 Å². The maximum atomic E-state index is 14.1. The molecule has 9 nitrogen and oxygen atoms in total. The van der Waals surface area contributed by atoms with Crippen molar-refractivity contribution in [2.45, 2.75) is 44.7 Å². The van der Waals surface area contributed by atoms with Gasteiger partial charge in [0.15, 0.2) is 11.5 Å². The summed E-state index contributed by atoms with van der Waals surface area (Å²) in [5, 5.41) is 18.1. The third-order valence-corrected chi connectivity index (χ3v) is 6.80. The lowest BCUT2D eigenvalue weighted by atomic mass is 9.95. The number of amides is 2. The topological polar surface area (TPSA) is 128 Å². The molecule has 0 atom stereocenters. The van der Waals surface area contributed by atoms with Crippen molar-refractivity contribution in [3.05, 3.63) is 111 Å². The lowest BCUT2D eigenvalue weighted by molar-refractivity contribution is -0.119. The van der Waals surface area contributed by atoms with E-state index in [1.165, 1.54) is 31.4 Å². The summed E-state index contributed by atoms with van der Waals surface area (Å²) in [4.78, 5) is 32.0. The van der Waals surface area contributed by atoms with Crippen LogP contribution >= 0.6 is 0 Å². The number of hydrogen-bond donors (Lipinski definition) is 2. The number of aliphatic hydroxyl groups is 1. The number of nitrogens with one attached hydrogen (secondary N) is 1. The Labute approximate surface area is 231 Å². The molecule has 0 unspecified atom stereocenters. The highest BCUT2D eigenvalue weighted by atomic mass is 19.1. The van der Waals surface area contributed by atoms with Gasteiger partial charge in [0.2, 0.25) is 0 Å². The molecule has 3 aromatic carbocycles. The average Bonchev–Trinajstić information content (AvgIpc) is 2.98. The molecule has 206 valence electrons. The highest BCUT2D eigenvalue weighted by Gasteiger charge is 2.31. The molecule has 0 aromatic heterocycles. The predicted molar refractivity (Wildman–Crippen MR) is 149 cm³/mol. The van der Waals surface area contributed by atoms with Gasteiger partial charge >= 0.3 is 0 Å². The summed E-state index contributed by atoms with van der Waals surface area (Å²) >= 11 is 0. The third-order valence-electron chi connectivity index (χ3n) is 6.80. The van der Waals surface area contributed by atoms with Crippen molar-refractivity contribution in [1.82, 2.24) is 10.2 Å². The number of rotatable bonds is 9. The largest absolute Gasteiger partial charge is 0.505 e. The standard InChI is InChI=1S/C30H30FN5O4/c1-40-24-17-11-20(12-18-24)19-36(30(39)25-9-5-6-10-26(25)34-35-32)27(28(37)21-13-15-22(31)16-14-21)29(38)33-23-7-3-2-4-8-23/h5-6,9-18,23,37H,2-4,7-8,19H2,1H3,(H,33,38)/b28-27+. The van der Waals surface area contributed by atoms with Gasteiger partial charge in [-0.2, -0.15) is 0 Å². The normalized spacial score (nSPS) is 13.9. The van der Waals surface area contributed by atoms with E-state index in [1.807, 2.05) is 0 Å². The fourth-order valence-corrected chi connectivity index (χ4v) is 4.70. The number of azide groups is 1. The van der Waals surface area contributed by atoms with Gasteiger partial charge in [0, 0.05) is 22.1 Å². The molecule has 2 amide bonds. The predicted octanol–water partition coefficient (Wildman–Crippen LogP) is 6.79. The minimum absolute atomic E-state index is 0.0451. The number of hydrogen-bond acceptors (Lipinski definition) is 5. The third kappa shape index (κ3) is 6.78. The van der Waals surface area contributed by atoms with Gasteiger partial charge in [-0.15, -0.1) is 0 Å². The van der Waals surface area contributed by atoms with E-state index in [4.69, 9.17) is 10.3 Å². The van der Waals surface area contributed by atoms with E-state index < -0.39 is 23.4 Å². The molecule has 0 bridgehead atoms. The zero-order valence-corrected chi connectivity index (χ0v) is 22.1. The van der Waals surface area contributed by atoms with Crippen LogP contribution in [0.2, 0.25) is 0 Å². The Balaban J connectivity index is 1.86. The summed E-state index contributed by atoms with van der Waals surface area (Å²) in [6, 6.07) is 18.0. The molecule has 3 aromatic rings. The molecule has 0 spiro atoms. The smallest absolute Gasteiger partial charge is 0.272 e. The van der Waals surface area contributed by atoms with Crippen LogP contribution in [0, 0.1) is 5.82 Å². The fraction of sp³-hybridized carbons (Fsp3) is 0.267. The molecule has 0 aliphatic heterocycles. The molecule has 0 saturated heterocycles. The number of carbonyl (C=O) groups is 2. The van der Waals surface area contributed by atoms with Crippen LogP contribution in [-0.2, 0) is 11.3 Å². The summed E-state index contributed by atoms with van der Waals surface area (Å²) < 4.78 is 18.9. The Kier molecular flexibility index (Phi) is 9.38. The van der Waals surface area contributed by atoms with E-state index in [9.17, 15) is 19.1 Å². The number of methoxy groups -OCH3 is 1. The van der Waals surface area contributed by atoms with Crippen LogP contribution in [0.5, 0.6) is 5.75 Å². The molecule has 0 radical (unpaired) electrons. The lowest BCUT2D eigenvalue weighted by Gasteiger charge is -2.29. The Morgan fingerprint density at radius 3 is 2.38 bits per heavy atom. The second-order valence-electron chi connectivity index (χ2n) is 9.46. The minimum Gasteiger partial charge on any atom is -0.505 e. The van der Waals surface area contributed by atoms with Gasteiger partial charge in [0.1, 0.15) is 11.6 Å². The molecule has 1 fully saturated rings. The molecule has 10 heteroatoms. The van der Waals surface area contributed by atoms with Crippen molar-refractivity contribution in [2.75, 3.05) is 7.11 Å². The lowest BCUT2D eigenvalue weighted by Crippen LogP contribution is -2.43. The Morgan fingerprint density at radius 2 is 1.73 bits per heavy atom. The van der Waals surface area contributed by atoms with Crippen LogP contribution in [0.15, 0.2) is 83.6 Å². The van der Waals surface area contributed by atoms with Crippen LogP contribution in [0.3, 0.4) is 0 Å². The quantitative estimate of drug-likeness (QED) is 0.101. The van der Waals surface area contributed by atoms with E-state index >= 15 is 0 Å². The summed E-state index contributed by atoms with van der Waals surface area (Å²) in [6.07, 6.45) is 4.56. The molecule has 1 aliphatic carbocycles. The van der Waals surface area contributed by atoms with Crippen LogP contribution in [0.1, 0.15) is 53.6 Å². The van der Waals surface area contributed by atoms with Gasteiger partial charge < -0.3 is 15.2 Å². The SMILES string of the molecule is COc1ccc(CN(C(=O)c2ccccc2N=[N+]=[N-])/C(C(=O)NC2CCCCC2)=C(/O)c2ccc(F)cc2)cc1. The van der Waals surface area contributed by atoms with Crippen molar-refractivity contribution in [3.8, 4) is 5.75 Å². The Bertz CT molecular complexity index is 1430. The summed E-state index contributed by atoms with van der Waals surface area (Å²) in [5.74, 6) is -1.70. The van der Waals surface area contributed by atoms with Gasteiger partial charge in [-0.25, -0.2) is 4.39 Å². The Morgan fingerprint density at radius 1 is 1.05 bits per heavy atom. The van der Waals surface area contributed by atoms with Gasteiger partial charge in [-0.3, -0.25) is 14.5 Å². The zero-order chi connectivity index (χ0) is 28.5. The molecular weight excluding hydrogens is 513 g/mol. The number of aliphatic hydroxyl groups excluding tert-OH is 1. The van der Waals surface area contributed by atoms with Gasteiger partial charge in [0.05, 0.1) is 19.3 Å². The van der Waals surface area contributed by atoms with Crippen LogP contribution in [0.4, 0.5) is 10.1 Å². The molecular formula is C30H30FN5O4. The van der Waals surface area contributed by atoms with Crippen molar-refractivity contribution in [1.29, 1.82) is 0 Å². The van der Waals surface area contributed by atoms with E-state index in [0.29, 0.717) is 11.3 Å². The molecule has 2 N–H and O–H groups in total. The van der Waals surface area contributed by atoms with Crippen LogP contribution in [0.25, 0.3) is 16.2 Å². The van der Waals surface area contributed by atoms with E-state index in [1.54, 1.807) is 36.4 Å². The monoisotopic (exact) mass is 543 g/mol. The first-order valence-corrected chi connectivity index (χ1v) is 13.0. The first-order valence-electron chi connectivity index (χ1n) is 13.0. The summed E-state index contributed by atoms with van der Waals surface area (Å²) in [5.41, 5.74) is 9.69. The zero-order valence-electron chi connectivity index (χ0n) is 22.1. The molecule has 1 aliphatic rings. The second kappa shape index (κ2) is 13.3. The van der Waals surface area contributed by atoms with Crippen molar-refractivity contribution < 1.29 is 23.8 Å². The molecule has 0 heterocycles. The van der Waals surface area contributed by atoms with Crippen molar-refractivity contribution in [3.63, 3.8) is 0 Å². The molecule has 4 rings (SSSR count). The van der Waals surface area contributed by atoms with E-state index in [2.05, 4.69) is 15.3 Å². The second-order valence-corrected chi connectivity index (χ2v) is 9.46. The number of ether oxygens (including phenoxy) is 1. The number of carbonyl (C=O) groups excluding carboxylic acids is 2. The number of benzene rings is 3. The van der Waals surface area contributed by atoms with Crippen molar-refractivity contribution >= 4 is 23.3 Å². The van der Waals surface area contributed by atoms with Crippen LogP contribution in [-0.4, -0.2) is 35.0 Å². The number of nitrogens with zero attached hydrogens (tertiary/aromatic N) is 4. The maximum absolute atomic E-state index is 14.1. The summed E-state index contributed by atoms with van der Waals surface area (Å²) in [7, 11) is 1.54. The highest BCUT2D eigenvalue weighted by Crippen LogP contribution is 2.29. The summed E-state index contributed by atoms with van der Waals surface area (Å²) in [6.45, 7) is -0.105. The van der Waals surface area contributed by atoms with Gasteiger partial charge in [-0.1, -0.05) is 54.7 Å². The van der Waals surface area contributed by atoms with Gasteiger partial charge in [0.25, 0.3) is 11.8 Å². The maximum Gasteiger partial charge on any atom is 0.272 e. The van der Waals surface area contributed by atoms with Gasteiger partial charge in [-0.05, 0) is 66.4 Å². The molecule has 40 heavy (non-hydrogen) atoms. The van der Waals surface area contributed by atoms with E-state index in [-0.39, 0.29) is 35.1 Å². The molecule has 1 saturated carbocycles. The highest BCUT2D eigenvalue weighted by molar-refractivity contribution is 6.08. The first kappa shape index (κ1) is 28.2. The fourth-order valence-electron chi connectivity index (χ4n) is 4.70. The Hall–Kier alpha value is -4.82. The average molecular weight is 544 g/mol. The van der Waals surface area contributed by atoms with Crippen molar-refractivity contribution in [2.24, 2.45) is 5.11 Å².